The Kier molecular flexibility index (Phi) is 3.06. The lowest BCUT2D eigenvalue weighted by atomic mass is 10.1. The second-order valence-corrected chi connectivity index (χ2v) is 4.78. The summed E-state index contributed by atoms with van der Waals surface area (Å²) in [6, 6.07) is 4.83. The molecule has 0 aliphatic carbocycles. The Morgan fingerprint density at radius 2 is 1.74 bits per heavy atom. The Bertz CT molecular complexity index is 561. The molecule has 1 saturated heterocycles. The maximum atomic E-state index is 11.7. The molecule has 1 aliphatic rings. The summed E-state index contributed by atoms with van der Waals surface area (Å²) in [5.41, 5.74) is 1.03. The van der Waals surface area contributed by atoms with Crippen molar-refractivity contribution < 1.29 is 24.2 Å². The minimum Gasteiger partial charge on any atom is -0.508 e. The summed E-state index contributed by atoms with van der Waals surface area (Å²) in [5.74, 6) is -2.63. The van der Waals surface area contributed by atoms with Crippen molar-refractivity contribution in [3.63, 3.8) is 0 Å². The third-order valence-electron chi connectivity index (χ3n) is 2.66. The van der Waals surface area contributed by atoms with Crippen molar-refractivity contribution in [1.82, 2.24) is 0 Å². The Balaban J connectivity index is 2.35. The number of benzene rings is 1. The molecule has 1 heterocycles. The Labute approximate surface area is 110 Å². The van der Waals surface area contributed by atoms with E-state index in [0.717, 1.165) is 0 Å². The maximum absolute atomic E-state index is 11.7. The van der Waals surface area contributed by atoms with Gasteiger partial charge in [0, 0.05) is 13.8 Å². The molecule has 1 aliphatic heterocycles. The number of hydrogen-bond donors (Lipinski definition) is 1. The molecule has 0 spiro atoms. The fourth-order valence-electron chi connectivity index (χ4n) is 1.66. The van der Waals surface area contributed by atoms with Gasteiger partial charge in [0.25, 0.3) is 5.79 Å². The summed E-state index contributed by atoms with van der Waals surface area (Å²) in [6.07, 6.45) is 1.33. The van der Waals surface area contributed by atoms with Crippen LogP contribution in [0.15, 0.2) is 23.8 Å². The third kappa shape index (κ3) is 2.76. The molecule has 0 radical (unpaired) electrons. The van der Waals surface area contributed by atoms with Crippen LogP contribution in [0.5, 0.6) is 5.75 Å². The van der Waals surface area contributed by atoms with E-state index in [9.17, 15) is 14.7 Å². The van der Waals surface area contributed by atoms with Gasteiger partial charge in [-0.3, -0.25) is 0 Å². The molecule has 1 aromatic carbocycles. The van der Waals surface area contributed by atoms with Gasteiger partial charge in [0.05, 0.1) is 0 Å². The standard InChI is InChI=1S/C14H14O5/c1-8-4-5-9(7-11(8)15)6-10-12(16)18-14(2,3)19-13(10)17/h4-7,15H,1-3H3. The van der Waals surface area contributed by atoms with Gasteiger partial charge in [-0.25, -0.2) is 9.59 Å². The number of cyclic esters (lactones) is 2. The van der Waals surface area contributed by atoms with E-state index in [0.29, 0.717) is 11.1 Å². The number of ether oxygens (including phenoxy) is 2. The minimum absolute atomic E-state index is 0.0900. The van der Waals surface area contributed by atoms with E-state index in [1.807, 2.05) is 0 Å². The first-order valence-corrected chi connectivity index (χ1v) is 5.76. The van der Waals surface area contributed by atoms with E-state index < -0.39 is 17.7 Å². The Morgan fingerprint density at radius 3 is 2.26 bits per heavy atom. The van der Waals surface area contributed by atoms with Crippen molar-refractivity contribution in [2.45, 2.75) is 26.6 Å². The number of hydrogen-bond acceptors (Lipinski definition) is 5. The van der Waals surface area contributed by atoms with Crippen LogP contribution >= 0.6 is 0 Å². The number of phenolic OH excluding ortho intramolecular Hbond substituents is 1. The first-order chi connectivity index (χ1) is 8.78. The molecular weight excluding hydrogens is 248 g/mol. The zero-order valence-electron chi connectivity index (χ0n) is 10.9. The smallest absolute Gasteiger partial charge is 0.348 e. The molecule has 19 heavy (non-hydrogen) atoms. The molecule has 1 fully saturated rings. The predicted molar refractivity (Wildman–Crippen MR) is 67.1 cm³/mol. The maximum Gasteiger partial charge on any atom is 0.348 e. The van der Waals surface area contributed by atoms with Gasteiger partial charge >= 0.3 is 11.9 Å². The molecule has 100 valence electrons. The highest BCUT2D eigenvalue weighted by molar-refractivity contribution is 6.18. The van der Waals surface area contributed by atoms with Crippen LogP contribution in [0.1, 0.15) is 25.0 Å². The molecule has 0 atom stereocenters. The molecule has 0 bridgehead atoms. The van der Waals surface area contributed by atoms with Gasteiger partial charge in [-0.15, -0.1) is 0 Å². The zero-order chi connectivity index (χ0) is 14.2. The number of rotatable bonds is 1. The van der Waals surface area contributed by atoms with Gasteiger partial charge in [0.15, 0.2) is 0 Å². The zero-order valence-corrected chi connectivity index (χ0v) is 10.9. The molecular formula is C14H14O5. The van der Waals surface area contributed by atoms with Gasteiger partial charge in [0.1, 0.15) is 11.3 Å². The largest absolute Gasteiger partial charge is 0.508 e. The van der Waals surface area contributed by atoms with Crippen LogP contribution in [0.3, 0.4) is 0 Å². The van der Waals surface area contributed by atoms with Crippen molar-refractivity contribution >= 4 is 18.0 Å². The second-order valence-electron chi connectivity index (χ2n) is 4.78. The van der Waals surface area contributed by atoms with Crippen LogP contribution in [0.25, 0.3) is 6.08 Å². The van der Waals surface area contributed by atoms with E-state index in [1.165, 1.54) is 26.0 Å². The lowest BCUT2D eigenvalue weighted by molar-refractivity contribution is -0.222. The van der Waals surface area contributed by atoms with E-state index in [-0.39, 0.29) is 11.3 Å². The monoisotopic (exact) mass is 262 g/mol. The number of carbonyl (C=O) groups is 2. The van der Waals surface area contributed by atoms with Crippen LogP contribution < -0.4 is 0 Å². The molecule has 1 aromatic rings. The predicted octanol–water partition coefficient (Wildman–Crippen LogP) is 1.92. The van der Waals surface area contributed by atoms with Gasteiger partial charge in [-0.1, -0.05) is 12.1 Å². The highest BCUT2D eigenvalue weighted by Gasteiger charge is 2.38. The molecule has 0 saturated carbocycles. The summed E-state index contributed by atoms with van der Waals surface area (Å²) in [6.45, 7) is 4.71. The van der Waals surface area contributed by atoms with Gasteiger partial charge < -0.3 is 14.6 Å². The molecule has 0 unspecified atom stereocenters. The lowest BCUT2D eigenvalue weighted by Crippen LogP contribution is -2.41. The Hall–Kier alpha value is -2.30. The molecule has 2 rings (SSSR count). The summed E-state index contributed by atoms with van der Waals surface area (Å²) in [4.78, 5) is 23.4. The highest BCUT2D eigenvalue weighted by Crippen LogP contribution is 2.25. The molecule has 0 amide bonds. The number of phenols is 1. The number of carbonyl (C=O) groups excluding carboxylic acids is 2. The molecule has 5 nitrogen and oxygen atoms in total. The van der Waals surface area contributed by atoms with Crippen LogP contribution in [0.4, 0.5) is 0 Å². The normalized spacial score (nSPS) is 17.7. The second kappa shape index (κ2) is 4.42. The summed E-state index contributed by atoms with van der Waals surface area (Å²) < 4.78 is 9.94. The van der Waals surface area contributed by atoms with Crippen LogP contribution in [-0.2, 0) is 19.1 Å². The number of esters is 2. The van der Waals surface area contributed by atoms with Crippen LogP contribution in [0, 0.1) is 6.92 Å². The van der Waals surface area contributed by atoms with Gasteiger partial charge in [-0.2, -0.15) is 0 Å². The first kappa shape index (κ1) is 13.1. The van der Waals surface area contributed by atoms with E-state index >= 15 is 0 Å². The average molecular weight is 262 g/mol. The topological polar surface area (TPSA) is 72.8 Å². The van der Waals surface area contributed by atoms with Crippen LogP contribution in [0.2, 0.25) is 0 Å². The molecule has 1 N–H and O–H groups in total. The van der Waals surface area contributed by atoms with Crippen LogP contribution in [-0.4, -0.2) is 22.8 Å². The average Bonchev–Trinajstić information content (AvgIpc) is 2.27. The quantitative estimate of drug-likeness (QED) is 0.475. The highest BCUT2D eigenvalue weighted by atomic mass is 16.7. The van der Waals surface area contributed by atoms with Crippen molar-refractivity contribution in [2.75, 3.05) is 0 Å². The van der Waals surface area contributed by atoms with Gasteiger partial charge in [-0.05, 0) is 30.2 Å². The fourth-order valence-corrected chi connectivity index (χ4v) is 1.66. The van der Waals surface area contributed by atoms with Crippen molar-refractivity contribution in [3.05, 3.63) is 34.9 Å². The number of aromatic hydroxyl groups is 1. The summed E-state index contributed by atoms with van der Waals surface area (Å²) in [5, 5.41) is 9.58. The molecule has 0 aromatic heterocycles. The summed E-state index contributed by atoms with van der Waals surface area (Å²) in [7, 11) is 0. The van der Waals surface area contributed by atoms with Crippen molar-refractivity contribution in [3.8, 4) is 5.75 Å². The van der Waals surface area contributed by atoms with E-state index in [2.05, 4.69) is 0 Å². The first-order valence-electron chi connectivity index (χ1n) is 5.76. The number of aryl methyl sites for hydroxylation is 1. The minimum atomic E-state index is -1.25. The lowest BCUT2D eigenvalue weighted by Gasteiger charge is -2.29. The van der Waals surface area contributed by atoms with E-state index in [1.54, 1.807) is 19.1 Å². The van der Waals surface area contributed by atoms with E-state index in [4.69, 9.17) is 9.47 Å². The Morgan fingerprint density at radius 1 is 1.16 bits per heavy atom. The molecule has 5 heteroatoms. The summed E-state index contributed by atoms with van der Waals surface area (Å²) >= 11 is 0. The van der Waals surface area contributed by atoms with Crippen molar-refractivity contribution in [1.29, 1.82) is 0 Å². The van der Waals surface area contributed by atoms with Crippen molar-refractivity contribution in [2.24, 2.45) is 0 Å². The van der Waals surface area contributed by atoms with Gasteiger partial charge in [0.2, 0.25) is 0 Å². The third-order valence-corrected chi connectivity index (χ3v) is 2.66. The SMILES string of the molecule is Cc1ccc(C=C2C(=O)OC(C)(C)OC2=O)cc1O. The fraction of sp³-hybridized carbons (Fsp3) is 0.286.